The molecule has 1 heterocycles. The summed E-state index contributed by atoms with van der Waals surface area (Å²) in [5.74, 6) is 1.13. The summed E-state index contributed by atoms with van der Waals surface area (Å²) < 4.78 is 27.8. The van der Waals surface area contributed by atoms with Crippen LogP contribution in [0.15, 0.2) is 40.9 Å². The minimum atomic E-state index is 0.0257. The fraction of sp³-hybridized carbons (Fsp3) is 0.409. The molecule has 0 N–H and O–H groups in total. The van der Waals surface area contributed by atoms with Crippen molar-refractivity contribution in [3.05, 3.63) is 46.4 Å². The van der Waals surface area contributed by atoms with E-state index in [-0.39, 0.29) is 25.9 Å². The highest BCUT2D eigenvalue weighted by Gasteiger charge is 2.25. The maximum absolute atomic E-state index is 13.1. The molecule has 1 aliphatic heterocycles. The third-order valence-electron chi connectivity index (χ3n) is 4.71. The number of carbonyl (C=O) groups is 1. The summed E-state index contributed by atoms with van der Waals surface area (Å²) in [6.45, 7) is 2.43. The lowest BCUT2D eigenvalue weighted by molar-refractivity contribution is -0.134. The fourth-order valence-corrected chi connectivity index (χ4v) is 3.86. The molecule has 0 bridgehead atoms. The van der Waals surface area contributed by atoms with E-state index in [9.17, 15) is 4.79 Å². The second-order valence-corrected chi connectivity index (χ2v) is 7.47. The molecule has 0 radical (unpaired) electrons. The summed E-state index contributed by atoms with van der Waals surface area (Å²) in [5, 5.41) is 0. The quantitative estimate of drug-likeness (QED) is 0.513. The van der Waals surface area contributed by atoms with E-state index in [1.54, 1.807) is 20.3 Å². The van der Waals surface area contributed by atoms with Crippen molar-refractivity contribution in [1.82, 2.24) is 4.90 Å². The van der Waals surface area contributed by atoms with Crippen molar-refractivity contribution >= 4 is 21.8 Å². The number of amides is 1. The van der Waals surface area contributed by atoms with E-state index in [1.165, 1.54) is 0 Å². The first-order valence-corrected chi connectivity index (χ1v) is 10.4. The number of benzene rings is 2. The molecule has 2 aromatic rings. The summed E-state index contributed by atoms with van der Waals surface area (Å²) in [4.78, 5) is 14.9. The van der Waals surface area contributed by atoms with Crippen molar-refractivity contribution in [3.8, 4) is 22.6 Å². The van der Waals surface area contributed by atoms with Crippen LogP contribution in [0, 0.1) is 0 Å². The van der Waals surface area contributed by atoms with Gasteiger partial charge in [-0.2, -0.15) is 0 Å². The zero-order valence-electron chi connectivity index (χ0n) is 17.2. The van der Waals surface area contributed by atoms with Crippen LogP contribution in [-0.4, -0.2) is 64.9 Å². The topological polar surface area (TPSA) is 66.5 Å². The average molecular weight is 480 g/mol. The number of rotatable bonds is 9. The van der Waals surface area contributed by atoms with Gasteiger partial charge in [0.05, 0.1) is 24.1 Å². The van der Waals surface area contributed by atoms with Gasteiger partial charge in [-0.05, 0) is 27.1 Å². The first kappa shape index (κ1) is 22.6. The highest BCUT2D eigenvalue weighted by molar-refractivity contribution is 9.10. The van der Waals surface area contributed by atoms with Gasteiger partial charge in [0.15, 0.2) is 13.6 Å². The van der Waals surface area contributed by atoms with Crippen LogP contribution in [0.4, 0.5) is 0 Å². The van der Waals surface area contributed by atoms with Crippen LogP contribution in [0.3, 0.4) is 0 Å². The molecule has 2 aromatic carbocycles. The van der Waals surface area contributed by atoms with Gasteiger partial charge in [-0.3, -0.25) is 4.79 Å². The molecule has 8 heteroatoms. The number of halogens is 1. The van der Waals surface area contributed by atoms with Crippen LogP contribution in [0.2, 0.25) is 0 Å². The molecule has 1 fully saturated rings. The predicted molar refractivity (Wildman–Crippen MR) is 116 cm³/mol. The second-order valence-electron chi connectivity index (χ2n) is 6.68. The van der Waals surface area contributed by atoms with Crippen LogP contribution in [0.25, 0.3) is 11.1 Å². The van der Waals surface area contributed by atoms with Crippen LogP contribution < -0.4 is 9.47 Å². The van der Waals surface area contributed by atoms with Crippen molar-refractivity contribution in [2.24, 2.45) is 0 Å². The first-order chi connectivity index (χ1) is 14.7. The summed E-state index contributed by atoms with van der Waals surface area (Å²) >= 11 is 3.65. The minimum Gasteiger partial charge on any atom is -0.467 e. The Balaban J connectivity index is 2.07. The molecule has 0 saturated carbocycles. The zero-order valence-corrected chi connectivity index (χ0v) is 18.8. The van der Waals surface area contributed by atoms with Gasteiger partial charge in [-0.25, -0.2) is 0 Å². The van der Waals surface area contributed by atoms with Crippen LogP contribution in [-0.2, 0) is 25.4 Å². The van der Waals surface area contributed by atoms with E-state index in [0.29, 0.717) is 42.3 Å². The maximum Gasteiger partial charge on any atom is 0.227 e. The Morgan fingerprint density at radius 3 is 2.30 bits per heavy atom. The lowest BCUT2D eigenvalue weighted by atomic mass is 9.95. The molecule has 0 unspecified atom stereocenters. The first-order valence-electron chi connectivity index (χ1n) is 9.65. The fourth-order valence-electron chi connectivity index (χ4n) is 3.29. The molecule has 1 saturated heterocycles. The predicted octanol–water partition coefficient (Wildman–Crippen LogP) is 3.48. The Bertz CT molecular complexity index is 839. The Labute approximate surface area is 184 Å². The van der Waals surface area contributed by atoms with E-state index in [0.717, 1.165) is 16.7 Å². The molecule has 0 atom stereocenters. The van der Waals surface area contributed by atoms with Crippen LogP contribution >= 0.6 is 15.9 Å². The largest absolute Gasteiger partial charge is 0.467 e. The molecular weight excluding hydrogens is 454 g/mol. The van der Waals surface area contributed by atoms with Gasteiger partial charge in [0.2, 0.25) is 5.91 Å². The SMILES string of the molecule is COCOc1cc(OCOC)c(-c2ccccc2)c(CC(=O)N2CCOCC2)c1Br. The number of nitrogens with zero attached hydrogens (tertiary/aromatic N) is 1. The normalized spacial score (nSPS) is 13.9. The smallest absolute Gasteiger partial charge is 0.227 e. The molecule has 7 nitrogen and oxygen atoms in total. The number of morpholine rings is 1. The molecule has 162 valence electrons. The maximum atomic E-state index is 13.1. The third kappa shape index (κ3) is 5.51. The Morgan fingerprint density at radius 2 is 1.67 bits per heavy atom. The van der Waals surface area contributed by atoms with E-state index >= 15 is 0 Å². The number of carbonyl (C=O) groups excluding carboxylic acids is 1. The monoisotopic (exact) mass is 479 g/mol. The van der Waals surface area contributed by atoms with E-state index in [2.05, 4.69) is 15.9 Å². The van der Waals surface area contributed by atoms with E-state index < -0.39 is 0 Å². The van der Waals surface area contributed by atoms with Crippen molar-refractivity contribution in [3.63, 3.8) is 0 Å². The molecule has 3 rings (SSSR count). The minimum absolute atomic E-state index is 0.0257. The Kier molecular flexibility index (Phi) is 8.50. The van der Waals surface area contributed by atoms with Gasteiger partial charge in [0, 0.05) is 38.9 Å². The van der Waals surface area contributed by atoms with Gasteiger partial charge in [0.1, 0.15) is 11.5 Å². The number of hydrogen-bond acceptors (Lipinski definition) is 6. The molecule has 1 aliphatic rings. The van der Waals surface area contributed by atoms with Crippen LogP contribution in [0.1, 0.15) is 5.56 Å². The summed E-state index contributed by atoms with van der Waals surface area (Å²) in [6, 6.07) is 11.6. The molecule has 0 aliphatic carbocycles. The van der Waals surface area contributed by atoms with Crippen molar-refractivity contribution < 1.29 is 28.5 Å². The number of methoxy groups -OCH3 is 2. The van der Waals surface area contributed by atoms with Gasteiger partial charge < -0.3 is 28.6 Å². The van der Waals surface area contributed by atoms with Crippen molar-refractivity contribution in [2.45, 2.75) is 6.42 Å². The Morgan fingerprint density at radius 1 is 1.03 bits per heavy atom. The molecule has 0 aromatic heterocycles. The summed E-state index contributed by atoms with van der Waals surface area (Å²) in [5.41, 5.74) is 2.55. The third-order valence-corrected chi connectivity index (χ3v) is 5.58. The van der Waals surface area contributed by atoms with Crippen molar-refractivity contribution in [2.75, 3.05) is 54.1 Å². The molecular formula is C22H26BrNO6. The van der Waals surface area contributed by atoms with Gasteiger partial charge in [0.25, 0.3) is 0 Å². The van der Waals surface area contributed by atoms with Crippen molar-refractivity contribution in [1.29, 1.82) is 0 Å². The molecule has 0 spiro atoms. The summed E-state index contributed by atoms with van der Waals surface area (Å²) in [6.07, 6.45) is 0.193. The lowest BCUT2D eigenvalue weighted by Gasteiger charge is -2.28. The second kappa shape index (κ2) is 11.3. The number of ether oxygens (including phenoxy) is 5. The standard InChI is InChI=1S/C22H26BrNO6/c1-26-14-29-18-13-19(30-15-27-2)22(23)17(21(18)16-6-4-3-5-7-16)12-20(25)24-8-10-28-11-9-24/h3-7,13H,8-12,14-15H2,1-2H3. The molecule has 1 amide bonds. The van der Waals surface area contributed by atoms with Crippen LogP contribution in [0.5, 0.6) is 11.5 Å². The Hall–Kier alpha value is -2.13. The highest BCUT2D eigenvalue weighted by Crippen LogP contribution is 2.43. The highest BCUT2D eigenvalue weighted by atomic mass is 79.9. The van der Waals surface area contributed by atoms with Gasteiger partial charge in [-0.15, -0.1) is 0 Å². The number of hydrogen-bond donors (Lipinski definition) is 0. The lowest BCUT2D eigenvalue weighted by Crippen LogP contribution is -2.41. The zero-order chi connectivity index (χ0) is 21.3. The van der Waals surface area contributed by atoms with E-state index in [4.69, 9.17) is 23.7 Å². The van der Waals surface area contributed by atoms with E-state index in [1.807, 2.05) is 35.2 Å². The van der Waals surface area contributed by atoms with Gasteiger partial charge in [-0.1, -0.05) is 30.3 Å². The molecule has 30 heavy (non-hydrogen) atoms. The average Bonchev–Trinajstić information content (AvgIpc) is 2.79. The summed E-state index contributed by atoms with van der Waals surface area (Å²) in [7, 11) is 3.11. The van der Waals surface area contributed by atoms with Gasteiger partial charge >= 0.3 is 0 Å².